The average Bonchev–Trinajstić information content (AvgIpc) is 2.94. The number of aldehydes is 1. The molecule has 2 heterocycles. The van der Waals surface area contributed by atoms with Crippen LogP contribution in [0.1, 0.15) is 41.7 Å². The van der Waals surface area contributed by atoms with Gasteiger partial charge in [0.05, 0.1) is 14.4 Å². The van der Waals surface area contributed by atoms with Gasteiger partial charge in [-0.1, -0.05) is 32.1 Å². The van der Waals surface area contributed by atoms with Crippen molar-refractivity contribution >= 4 is 50.0 Å². The second-order valence-electron chi connectivity index (χ2n) is 5.69. The molecule has 2 rings (SSSR count). The Morgan fingerprint density at radius 2 is 2.15 bits per heavy atom. The lowest BCUT2D eigenvalue weighted by Gasteiger charge is -2.17. The number of thiazole rings is 1. The molecule has 0 fully saturated rings. The molecule has 0 atom stereocenters. The van der Waals surface area contributed by atoms with Crippen LogP contribution in [0.5, 0.6) is 0 Å². The SMILES string of the molecule is CN(Cc1csc(Br)c1)c1nc(C(C)(C)C)c(C=O)s1. The number of nitrogens with zero attached hydrogens (tertiary/aromatic N) is 2. The molecule has 0 N–H and O–H groups in total. The Kier molecular flexibility index (Phi) is 4.66. The first kappa shape index (κ1) is 15.7. The Hall–Kier alpha value is -0.720. The third-order valence-electron chi connectivity index (χ3n) is 2.83. The number of hydrogen-bond acceptors (Lipinski definition) is 5. The maximum atomic E-state index is 11.2. The molecule has 0 amide bonds. The Balaban J connectivity index is 2.24. The smallest absolute Gasteiger partial charge is 0.186 e. The minimum Gasteiger partial charge on any atom is -0.347 e. The molecule has 0 unspecified atom stereocenters. The Morgan fingerprint density at radius 3 is 2.60 bits per heavy atom. The van der Waals surface area contributed by atoms with E-state index in [-0.39, 0.29) is 5.41 Å². The van der Waals surface area contributed by atoms with Crippen LogP contribution in [-0.2, 0) is 12.0 Å². The Bertz CT molecular complexity index is 613. The number of aromatic nitrogens is 1. The van der Waals surface area contributed by atoms with Crippen molar-refractivity contribution in [3.05, 3.63) is 31.4 Å². The maximum absolute atomic E-state index is 11.2. The topological polar surface area (TPSA) is 33.2 Å². The summed E-state index contributed by atoms with van der Waals surface area (Å²) in [7, 11) is 2.01. The van der Waals surface area contributed by atoms with Crippen LogP contribution in [0.25, 0.3) is 0 Å². The highest BCUT2D eigenvalue weighted by Crippen LogP contribution is 2.33. The van der Waals surface area contributed by atoms with Crippen molar-refractivity contribution in [2.75, 3.05) is 11.9 Å². The summed E-state index contributed by atoms with van der Waals surface area (Å²) in [6, 6.07) is 2.11. The highest BCUT2D eigenvalue weighted by atomic mass is 79.9. The summed E-state index contributed by atoms with van der Waals surface area (Å²) in [5.74, 6) is 0. The third kappa shape index (κ3) is 3.48. The highest BCUT2D eigenvalue weighted by Gasteiger charge is 2.24. The minimum absolute atomic E-state index is 0.114. The quantitative estimate of drug-likeness (QED) is 0.728. The molecule has 0 saturated heterocycles. The second kappa shape index (κ2) is 5.95. The van der Waals surface area contributed by atoms with Gasteiger partial charge in [0.2, 0.25) is 0 Å². The van der Waals surface area contributed by atoms with Gasteiger partial charge in [-0.05, 0) is 32.9 Å². The van der Waals surface area contributed by atoms with Crippen molar-refractivity contribution in [1.29, 1.82) is 0 Å². The van der Waals surface area contributed by atoms with Gasteiger partial charge in [0, 0.05) is 19.0 Å². The fraction of sp³-hybridized carbons (Fsp3) is 0.429. The molecule has 2 aromatic rings. The van der Waals surface area contributed by atoms with E-state index in [0.717, 1.165) is 32.3 Å². The van der Waals surface area contributed by atoms with Gasteiger partial charge in [0.15, 0.2) is 11.4 Å². The zero-order valence-corrected chi connectivity index (χ0v) is 15.2. The molecule has 0 spiro atoms. The van der Waals surface area contributed by atoms with Crippen LogP contribution in [0.15, 0.2) is 15.2 Å². The Labute approximate surface area is 135 Å². The molecule has 0 aliphatic carbocycles. The number of thiophene rings is 1. The van der Waals surface area contributed by atoms with Crippen molar-refractivity contribution in [3.8, 4) is 0 Å². The van der Waals surface area contributed by atoms with Crippen LogP contribution >= 0.6 is 38.6 Å². The first-order valence-corrected chi connectivity index (χ1v) is 8.70. The molecule has 6 heteroatoms. The van der Waals surface area contributed by atoms with E-state index in [2.05, 4.69) is 58.0 Å². The molecule has 108 valence electrons. The zero-order chi connectivity index (χ0) is 14.9. The fourth-order valence-electron chi connectivity index (χ4n) is 1.87. The number of halogens is 1. The van der Waals surface area contributed by atoms with Crippen molar-refractivity contribution < 1.29 is 4.79 Å². The van der Waals surface area contributed by atoms with E-state index in [4.69, 9.17) is 0 Å². The average molecular weight is 373 g/mol. The maximum Gasteiger partial charge on any atom is 0.186 e. The standard InChI is InChI=1S/C14H17BrN2OS2/c1-14(2,3)12-10(7-18)20-13(16-12)17(4)6-9-5-11(15)19-8-9/h5,7-8H,6H2,1-4H3. The van der Waals surface area contributed by atoms with Crippen LogP contribution in [-0.4, -0.2) is 18.3 Å². The van der Waals surface area contributed by atoms with Crippen molar-refractivity contribution in [2.24, 2.45) is 0 Å². The van der Waals surface area contributed by atoms with Gasteiger partial charge in [0.25, 0.3) is 0 Å². The molecule has 0 aromatic carbocycles. The Morgan fingerprint density at radius 1 is 1.45 bits per heavy atom. The first-order chi connectivity index (χ1) is 9.31. The second-order valence-corrected chi connectivity index (χ2v) is 8.99. The fourth-order valence-corrected chi connectivity index (χ4v) is 4.12. The van der Waals surface area contributed by atoms with Gasteiger partial charge in [-0.25, -0.2) is 4.98 Å². The molecular weight excluding hydrogens is 356 g/mol. The van der Waals surface area contributed by atoms with Gasteiger partial charge < -0.3 is 4.90 Å². The summed E-state index contributed by atoms with van der Waals surface area (Å²) in [5.41, 5.74) is 2.01. The van der Waals surface area contributed by atoms with Gasteiger partial charge in [-0.15, -0.1) is 11.3 Å². The summed E-state index contributed by atoms with van der Waals surface area (Å²) in [6.07, 6.45) is 0.913. The summed E-state index contributed by atoms with van der Waals surface area (Å²) < 4.78 is 1.13. The lowest BCUT2D eigenvalue weighted by Crippen LogP contribution is -2.17. The van der Waals surface area contributed by atoms with Crippen LogP contribution in [0.3, 0.4) is 0 Å². The highest BCUT2D eigenvalue weighted by molar-refractivity contribution is 9.11. The van der Waals surface area contributed by atoms with Crippen molar-refractivity contribution in [1.82, 2.24) is 4.98 Å². The molecule has 0 saturated carbocycles. The molecule has 0 aliphatic heterocycles. The molecule has 0 aliphatic rings. The number of carbonyl (C=O) groups excluding carboxylic acids is 1. The van der Waals surface area contributed by atoms with Crippen LogP contribution in [0.2, 0.25) is 0 Å². The third-order valence-corrected chi connectivity index (χ3v) is 5.48. The molecule has 0 bridgehead atoms. The molecular formula is C14H17BrN2OS2. The molecule has 3 nitrogen and oxygen atoms in total. The van der Waals surface area contributed by atoms with E-state index in [9.17, 15) is 4.79 Å². The predicted octanol–water partition coefficient (Wildman–Crippen LogP) is 4.71. The first-order valence-electron chi connectivity index (χ1n) is 6.22. The number of anilines is 1. The lowest BCUT2D eigenvalue weighted by molar-refractivity contribution is 0.112. The van der Waals surface area contributed by atoms with Gasteiger partial charge in [-0.2, -0.15) is 0 Å². The number of hydrogen-bond donors (Lipinski definition) is 0. The van der Waals surface area contributed by atoms with E-state index in [1.807, 2.05) is 7.05 Å². The van der Waals surface area contributed by atoms with E-state index in [1.165, 1.54) is 16.9 Å². The van der Waals surface area contributed by atoms with Crippen molar-refractivity contribution in [3.63, 3.8) is 0 Å². The van der Waals surface area contributed by atoms with E-state index in [1.54, 1.807) is 11.3 Å². The summed E-state index contributed by atoms with van der Waals surface area (Å²) >= 11 is 6.61. The van der Waals surface area contributed by atoms with Gasteiger partial charge in [0.1, 0.15) is 0 Å². The van der Waals surface area contributed by atoms with Crippen LogP contribution in [0, 0.1) is 0 Å². The summed E-state index contributed by atoms with van der Waals surface area (Å²) in [5, 5.41) is 3.01. The normalized spacial score (nSPS) is 11.7. The number of carbonyl (C=O) groups is 1. The minimum atomic E-state index is -0.114. The number of rotatable bonds is 4. The lowest BCUT2D eigenvalue weighted by atomic mass is 9.91. The largest absolute Gasteiger partial charge is 0.347 e. The summed E-state index contributed by atoms with van der Waals surface area (Å²) in [4.78, 5) is 18.7. The van der Waals surface area contributed by atoms with E-state index in [0.29, 0.717) is 0 Å². The molecule has 2 aromatic heterocycles. The summed E-state index contributed by atoms with van der Waals surface area (Å²) in [6.45, 7) is 7.02. The monoisotopic (exact) mass is 372 g/mol. The van der Waals surface area contributed by atoms with E-state index >= 15 is 0 Å². The molecule has 20 heavy (non-hydrogen) atoms. The predicted molar refractivity (Wildman–Crippen MR) is 90.3 cm³/mol. The zero-order valence-electron chi connectivity index (χ0n) is 11.9. The van der Waals surface area contributed by atoms with Crippen molar-refractivity contribution in [2.45, 2.75) is 32.7 Å². The van der Waals surface area contributed by atoms with Crippen LogP contribution in [0.4, 0.5) is 5.13 Å². The van der Waals surface area contributed by atoms with E-state index < -0.39 is 0 Å². The van der Waals surface area contributed by atoms with Gasteiger partial charge in [-0.3, -0.25) is 4.79 Å². The van der Waals surface area contributed by atoms with Gasteiger partial charge >= 0.3 is 0 Å². The van der Waals surface area contributed by atoms with Crippen LogP contribution < -0.4 is 4.90 Å². The molecule has 0 radical (unpaired) electrons.